The van der Waals surface area contributed by atoms with Crippen LogP contribution in [-0.2, 0) is 24.7 Å². The van der Waals surface area contributed by atoms with Crippen molar-refractivity contribution in [2.45, 2.75) is 76.2 Å². The number of hydrogen-bond donors (Lipinski definition) is 0. The highest BCUT2D eigenvalue weighted by atomic mass is 19.4. The molecule has 2 nitrogen and oxygen atoms in total. The average Bonchev–Trinajstić information content (AvgIpc) is 3.45. The molecule has 3 aromatic rings. The number of benzene rings is 3. The van der Waals surface area contributed by atoms with Crippen LogP contribution in [0.2, 0.25) is 0 Å². The van der Waals surface area contributed by atoms with Gasteiger partial charge in [-0.3, -0.25) is 4.90 Å². The Morgan fingerprint density at radius 1 is 0.811 bits per heavy atom. The van der Waals surface area contributed by atoms with Crippen LogP contribution in [0.4, 0.5) is 13.2 Å². The van der Waals surface area contributed by atoms with Crippen LogP contribution in [0.15, 0.2) is 84.9 Å². The normalized spacial score (nSPS) is 16.9. The smallest absolute Gasteiger partial charge is 0.292 e. The van der Waals surface area contributed by atoms with Gasteiger partial charge in [0.25, 0.3) is 0 Å². The van der Waals surface area contributed by atoms with Crippen molar-refractivity contribution in [3.8, 4) is 6.07 Å². The van der Waals surface area contributed by atoms with Crippen molar-refractivity contribution in [3.63, 3.8) is 0 Å². The lowest BCUT2D eigenvalue weighted by atomic mass is 9.67. The largest absolute Gasteiger partial charge is 0.416 e. The van der Waals surface area contributed by atoms with Gasteiger partial charge in [-0.05, 0) is 67.3 Å². The molecule has 0 saturated heterocycles. The van der Waals surface area contributed by atoms with Crippen molar-refractivity contribution in [2.24, 2.45) is 5.92 Å². The van der Waals surface area contributed by atoms with Crippen LogP contribution in [0.1, 0.15) is 67.7 Å². The van der Waals surface area contributed by atoms with Gasteiger partial charge >= 0.3 is 6.18 Å². The van der Waals surface area contributed by atoms with Gasteiger partial charge in [-0.2, -0.15) is 18.4 Å². The van der Waals surface area contributed by atoms with E-state index in [4.69, 9.17) is 0 Å². The van der Waals surface area contributed by atoms with E-state index in [1.165, 1.54) is 11.1 Å². The number of nitrogens with zero attached hydrogens (tertiary/aromatic N) is 2. The Morgan fingerprint density at radius 3 is 1.76 bits per heavy atom. The van der Waals surface area contributed by atoms with Crippen LogP contribution >= 0.6 is 0 Å². The molecule has 0 amide bonds. The van der Waals surface area contributed by atoms with Gasteiger partial charge in [-0.25, -0.2) is 0 Å². The highest BCUT2D eigenvalue weighted by molar-refractivity contribution is 5.37. The van der Waals surface area contributed by atoms with Gasteiger partial charge in [0.1, 0.15) is 0 Å². The molecule has 1 aliphatic rings. The minimum absolute atomic E-state index is 0.165. The molecule has 0 N–H and O–H groups in total. The predicted molar refractivity (Wildman–Crippen MR) is 142 cm³/mol. The molecule has 0 heterocycles. The molecule has 2 atom stereocenters. The van der Waals surface area contributed by atoms with Crippen LogP contribution in [0.3, 0.4) is 0 Å². The van der Waals surface area contributed by atoms with Gasteiger partial charge in [0.2, 0.25) is 0 Å². The molecule has 194 valence electrons. The number of rotatable bonds is 10. The highest BCUT2D eigenvalue weighted by Crippen LogP contribution is 2.46. The zero-order valence-corrected chi connectivity index (χ0v) is 21.4. The summed E-state index contributed by atoms with van der Waals surface area (Å²) in [6, 6.07) is 28.9. The van der Waals surface area contributed by atoms with E-state index in [2.05, 4.69) is 42.2 Å². The standard InChI is InChI=1S/C32H35F3N2/c1-25(37(22-26-10-4-2-5-11-26)23-27-12-6-3-7-13-27)20-21-31(24-36,28-14-8-9-15-28)29-16-18-30(19-17-29)32(33,34)35/h2-7,10-13,16-19,25,28H,8-9,14-15,20-23H2,1H3. The van der Waals surface area contributed by atoms with Crippen molar-refractivity contribution in [2.75, 3.05) is 0 Å². The second-order valence-corrected chi connectivity index (χ2v) is 10.4. The Hall–Kier alpha value is -3.10. The van der Waals surface area contributed by atoms with Gasteiger partial charge in [0.15, 0.2) is 0 Å². The van der Waals surface area contributed by atoms with E-state index in [1.54, 1.807) is 12.1 Å². The summed E-state index contributed by atoms with van der Waals surface area (Å²) in [5, 5.41) is 10.6. The van der Waals surface area contributed by atoms with E-state index in [-0.39, 0.29) is 12.0 Å². The van der Waals surface area contributed by atoms with E-state index in [1.807, 2.05) is 36.4 Å². The van der Waals surface area contributed by atoms with E-state index < -0.39 is 17.2 Å². The Bertz CT molecular complexity index is 1110. The number of hydrogen-bond acceptors (Lipinski definition) is 2. The van der Waals surface area contributed by atoms with Crippen LogP contribution in [0, 0.1) is 17.2 Å². The van der Waals surface area contributed by atoms with Gasteiger partial charge in [0, 0.05) is 19.1 Å². The van der Waals surface area contributed by atoms with E-state index in [0.29, 0.717) is 6.42 Å². The molecule has 4 rings (SSSR count). The molecule has 3 aromatic carbocycles. The zero-order chi connectivity index (χ0) is 26.3. The SMILES string of the molecule is CC(CCC(C#N)(c1ccc(C(F)(F)F)cc1)C1CCCC1)N(Cc1ccccc1)Cc1ccccc1. The molecule has 1 fully saturated rings. The van der Waals surface area contributed by atoms with Gasteiger partial charge in [-0.1, -0.05) is 85.6 Å². The predicted octanol–water partition coefficient (Wildman–Crippen LogP) is 8.53. The molecule has 1 saturated carbocycles. The summed E-state index contributed by atoms with van der Waals surface area (Å²) in [6.07, 6.45) is 1.05. The minimum atomic E-state index is -4.38. The van der Waals surface area contributed by atoms with Crippen molar-refractivity contribution in [1.82, 2.24) is 4.90 Å². The van der Waals surface area contributed by atoms with Gasteiger partial charge in [0.05, 0.1) is 17.0 Å². The summed E-state index contributed by atoms with van der Waals surface area (Å²) < 4.78 is 39.7. The first-order chi connectivity index (χ1) is 17.8. The van der Waals surface area contributed by atoms with Crippen LogP contribution < -0.4 is 0 Å². The quantitative estimate of drug-likeness (QED) is 0.277. The van der Waals surface area contributed by atoms with E-state index >= 15 is 0 Å². The molecule has 37 heavy (non-hydrogen) atoms. The first-order valence-corrected chi connectivity index (χ1v) is 13.2. The highest BCUT2D eigenvalue weighted by Gasteiger charge is 2.43. The molecular formula is C32H35F3N2. The third-order valence-corrected chi connectivity index (χ3v) is 8.02. The molecule has 0 bridgehead atoms. The van der Waals surface area contributed by atoms with Crippen molar-refractivity contribution >= 4 is 0 Å². The Labute approximate surface area is 218 Å². The summed E-state index contributed by atoms with van der Waals surface area (Å²) in [6.45, 7) is 3.79. The molecule has 0 aliphatic heterocycles. The zero-order valence-electron chi connectivity index (χ0n) is 21.4. The second kappa shape index (κ2) is 12.0. The lowest BCUT2D eigenvalue weighted by Gasteiger charge is -2.36. The molecule has 0 aromatic heterocycles. The first-order valence-electron chi connectivity index (χ1n) is 13.2. The third kappa shape index (κ3) is 6.62. The first kappa shape index (κ1) is 26.9. The van der Waals surface area contributed by atoms with Gasteiger partial charge < -0.3 is 0 Å². The second-order valence-electron chi connectivity index (χ2n) is 10.4. The Balaban J connectivity index is 1.58. The minimum Gasteiger partial charge on any atom is -0.292 e. The average molecular weight is 505 g/mol. The molecular weight excluding hydrogens is 469 g/mol. The summed E-state index contributed by atoms with van der Waals surface area (Å²) in [4.78, 5) is 2.44. The van der Waals surface area contributed by atoms with E-state index in [9.17, 15) is 18.4 Å². The maximum atomic E-state index is 13.2. The molecule has 1 aliphatic carbocycles. The van der Waals surface area contributed by atoms with Crippen molar-refractivity contribution in [1.29, 1.82) is 5.26 Å². The van der Waals surface area contributed by atoms with Crippen LogP contribution in [0.25, 0.3) is 0 Å². The lowest BCUT2D eigenvalue weighted by molar-refractivity contribution is -0.137. The third-order valence-electron chi connectivity index (χ3n) is 8.02. The molecule has 0 radical (unpaired) electrons. The monoisotopic (exact) mass is 504 g/mol. The fourth-order valence-corrected chi connectivity index (χ4v) is 5.79. The summed E-state index contributed by atoms with van der Waals surface area (Å²) >= 11 is 0. The molecule has 2 unspecified atom stereocenters. The fraction of sp³-hybridized carbons (Fsp3) is 0.406. The Morgan fingerprint density at radius 2 is 1.30 bits per heavy atom. The topological polar surface area (TPSA) is 27.0 Å². The summed E-state index contributed by atoms with van der Waals surface area (Å²) in [5.74, 6) is 0.165. The Kier molecular flexibility index (Phi) is 8.71. The number of halogens is 3. The molecule has 0 spiro atoms. The lowest BCUT2D eigenvalue weighted by Crippen LogP contribution is -2.37. The molecule has 5 heteroatoms. The van der Waals surface area contributed by atoms with E-state index in [0.717, 1.165) is 62.9 Å². The van der Waals surface area contributed by atoms with Gasteiger partial charge in [-0.15, -0.1) is 0 Å². The summed E-state index contributed by atoms with van der Waals surface area (Å²) in [7, 11) is 0. The summed E-state index contributed by atoms with van der Waals surface area (Å²) in [5.41, 5.74) is 1.74. The maximum Gasteiger partial charge on any atom is 0.416 e. The number of alkyl halides is 3. The number of nitriles is 1. The van der Waals surface area contributed by atoms with Crippen LogP contribution in [-0.4, -0.2) is 10.9 Å². The van der Waals surface area contributed by atoms with Crippen molar-refractivity contribution in [3.05, 3.63) is 107 Å². The van der Waals surface area contributed by atoms with Crippen molar-refractivity contribution < 1.29 is 13.2 Å². The maximum absolute atomic E-state index is 13.2. The van der Waals surface area contributed by atoms with Crippen LogP contribution in [0.5, 0.6) is 0 Å². The fourth-order valence-electron chi connectivity index (χ4n) is 5.79.